The van der Waals surface area contributed by atoms with Crippen LogP contribution in [0.3, 0.4) is 0 Å². The van der Waals surface area contributed by atoms with Crippen molar-refractivity contribution in [2.45, 2.75) is 13.8 Å². The number of amidine groups is 3. The predicted molar refractivity (Wildman–Crippen MR) is 115 cm³/mol. The summed E-state index contributed by atoms with van der Waals surface area (Å²) in [6, 6.07) is 8.09. The molecule has 1 N–H and O–H groups in total. The minimum atomic E-state index is -3.72. The van der Waals surface area contributed by atoms with Crippen LogP contribution in [0, 0.1) is 25.1 Å². The zero-order chi connectivity index (χ0) is 21.8. The first kappa shape index (κ1) is 20.2. The van der Waals surface area contributed by atoms with E-state index in [1.807, 2.05) is 0 Å². The zero-order valence-corrected chi connectivity index (χ0v) is 17.8. The Morgan fingerprint density at radius 3 is 2.60 bits per heavy atom. The maximum absolute atomic E-state index is 14.3. The third-order valence-corrected chi connectivity index (χ3v) is 6.44. The first-order valence-corrected chi connectivity index (χ1v) is 11.4. The van der Waals surface area contributed by atoms with Gasteiger partial charge in [0.25, 0.3) is 5.91 Å². The van der Waals surface area contributed by atoms with Crippen molar-refractivity contribution in [3.05, 3.63) is 58.7 Å². The lowest BCUT2D eigenvalue weighted by Gasteiger charge is -2.23. The molecule has 0 bridgehead atoms. The highest BCUT2D eigenvalue weighted by Gasteiger charge is 2.41. The Balaban J connectivity index is 1.81. The number of hydrogen-bond donors (Lipinski definition) is 1. The summed E-state index contributed by atoms with van der Waals surface area (Å²) in [5.41, 5.74) is 2.27. The van der Waals surface area contributed by atoms with Crippen LogP contribution in [-0.2, 0) is 14.6 Å². The largest absolute Gasteiger partial charge is 0.315 e. The van der Waals surface area contributed by atoms with E-state index in [2.05, 4.69) is 9.39 Å². The number of carbonyl (C=O) groups excluding carboxylic acids is 1. The van der Waals surface area contributed by atoms with Gasteiger partial charge < -0.3 is 4.57 Å². The number of rotatable bonds is 2. The lowest BCUT2D eigenvalue weighted by molar-refractivity contribution is -0.114. The number of halogens is 1. The van der Waals surface area contributed by atoms with Gasteiger partial charge in [0.05, 0.1) is 23.2 Å². The van der Waals surface area contributed by atoms with Crippen molar-refractivity contribution in [2.24, 2.45) is 9.39 Å². The lowest BCUT2D eigenvalue weighted by atomic mass is 10.1. The average Bonchev–Trinajstić information content (AvgIpc) is 3.20. The summed E-state index contributed by atoms with van der Waals surface area (Å²) in [7, 11) is -3.72. The second-order valence-corrected chi connectivity index (χ2v) is 9.43. The standard InChI is InChI=1S/C19H16FN5O3S2/c1-10-8-12(11(2)24(10)15-7-5-4-6-14(15)20)9-13-16(21)25-18(22-17(13)26)29-23-19(25)30(3,27)28/h4-9,21H,1-3H3/b13-9-,21-16?. The van der Waals surface area contributed by atoms with Gasteiger partial charge in [0.1, 0.15) is 11.7 Å². The number of para-hydroxylation sites is 1. The van der Waals surface area contributed by atoms with Crippen LogP contribution >= 0.6 is 11.9 Å². The molecule has 0 spiro atoms. The topological polar surface area (TPSA) is 108 Å². The molecule has 0 unspecified atom stereocenters. The van der Waals surface area contributed by atoms with Gasteiger partial charge in [-0.25, -0.2) is 17.7 Å². The van der Waals surface area contributed by atoms with Crippen LogP contribution in [0.2, 0.25) is 0 Å². The van der Waals surface area contributed by atoms with E-state index in [1.165, 1.54) is 12.1 Å². The maximum atomic E-state index is 14.3. The molecule has 1 amide bonds. The number of sulfone groups is 1. The number of aryl methyl sites for hydroxylation is 1. The molecule has 8 nitrogen and oxygen atoms in total. The Hall–Kier alpha value is -3.05. The fraction of sp³-hybridized carbons (Fsp3) is 0.158. The molecule has 1 aromatic heterocycles. The number of hydrogen-bond acceptors (Lipinski definition) is 6. The summed E-state index contributed by atoms with van der Waals surface area (Å²) >= 11 is 0.736. The molecule has 154 valence electrons. The minimum absolute atomic E-state index is 0.0272. The van der Waals surface area contributed by atoms with Gasteiger partial charge in [-0.1, -0.05) is 12.1 Å². The summed E-state index contributed by atoms with van der Waals surface area (Å²) in [5, 5.41) is 8.11. The van der Waals surface area contributed by atoms with Crippen molar-refractivity contribution in [1.29, 1.82) is 5.41 Å². The van der Waals surface area contributed by atoms with E-state index in [1.54, 1.807) is 42.7 Å². The molecular formula is C19H16FN5O3S2. The molecule has 0 saturated carbocycles. The molecule has 3 heterocycles. The summed E-state index contributed by atoms with van der Waals surface area (Å²) in [6.07, 6.45) is 2.44. The third-order valence-electron chi connectivity index (χ3n) is 4.69. The summed E-state index contributed by atoms with van der Waals surface area (Å²) in [5.74, 6) is -1.38. The van der Waals surface area contributed by atoms with Crippen molar-refractivity contribution >= 4 is 49.9 Å². The van der Waals surface area contributed by atoms with E-state index in [0.29, 0.717) is 16.9 Å². The normalized spacial score (nSPS) is 18.0. The van der Waals surface area contributed by atoms with Crippen LogP contribution < -0.4 is 0 Å². The highest BCUT2D eigenvalue weighted by Crippen LogP contribution is 2.31. The van der Waals surface area contributed by atoms with E-state index >= 15 is 0 Å². The number of nitrogens with one attached hydrogen (secondary N) is 1. The molecule has 0 radical (unpaired) electrons. The van der Waals surface area contributed by atoms with Gasteiger partial charge >= 0.3 is 0 Å². The number of fused-ring (bicyclic) bond motifs is 1. The molecule has 0 saturated heterocycles. The highest BCUT2D eigenvalue weighted by atomic mass is 32.2. The lowest BCUT2D eigenvalue weighted by Crippen LogP contribution is -2.45. The number of aliphatic imine (C=N–C) groups is 1. The zero-order valence-electron chi connectivity index (χ0n) is 16.2. The molecule has 0 fully saturated rings. The Kier molecular flexibility index (Phi) is 4.74. The van der Waals surface area contributed by atoms with Crippen molar-refractivity contribution in [2.75, 3.05) is 6.26 Å². The number of carbonyl (C=O) groups is 1. The molecule has 2 aliphatic heterocycles. The van der Waals surface area contributed by atoms with Gasteiger partial charge in [-0.3, -0.25) is 10.2 Å². The smallest absolute Gasteiger partial charge is 0.283 e. The van der Waals surface area contributed by atoms with Gasteiger partial charge in [-0.05, 0) is 43.7 Å². The van der Waals surface area contributed by atoms with Gasteiger partial charge in [-0.15, -0.1) is 0 Å². The van der Waals surface area contributed by atoms with E-state index in [9.17, 15) is 17.6 Å². The van der Waals surface area contributed by atoms with Gasteiger partial charge in [0, 0.05) is 17.6 Å². The number of benzene rings is 1. The Morgan fingerprint density at radius 1 is 1.23 bits per heavy atom. The van der Waals surface area contributed by atoms with Crippen molar-refractivity contribution < 1.29 is 17.6 Å². The molecule has 2 aliphatic rings. The molecule has 0 aliphatic carbocycles. The Bertz CT molecular complexity index is 1320. The molecule has 0 atom stereocenters. The Morgan fingerprint density at radius 2 is 1.93 bits per heavy atom. The van der Waals surface area contributed by atoms with E-state index in [0.717, 1.165) is 28.8 Å². The van der Waals surface area contributed by atoms with E-state index in [-0.39, 0.29) is 21.7 Å². The molecule has 4 rings (SSSR count). The number of amides is 1. The number of nitrogens with zero attached hydrogens (tertiary/aromatic N) is 4. The third kappa shape index (κ3) is 3.19. The molecule has 30 heavy (non-hydrogen) atoms. The second kappa shape index (κ2) is 7.03. The van der Waals surface area contributed by atoms with E-state index < -0.39 is 21.6 Å². The molecule has 11 heteroatoms. The molecule has 2 aromatic rings. The van der Waals surface area contributed by atoms with Crippen LogP contribution in [0.4, 0.5) is 4.39 Å². The van der Waals surface area contributed by atoms with Crippen LogP contribution in [0.15, 0.2) is 45.3 Å². The SMILES string of the molecule is Cc1cc(/C=C2/C(=N)N3C(=NC2=O)SN=C3S(C)(=O)=O)c(C)n1-c1ccccc1F. The fourth-order valence-corrected chi connectivity index (χ4v) is 5.18. The van der Waals surface area contributed by atoms with Crippen LogP contribution in [0.5, 0.6) is 0 Å². The second-order valence-electron chi connectivity index (χ2n) is 6.79. The summed E-state index contributed by atoms with van der Waals surface area (Å²) in [6.45, 7) is 3.57. The van der Waals surface area contributed by atoms with Crippen molar-refractivity contribution in [3.8, 4) is 5.69 Å². The van der Waals surface area contributed by atoms with E-state index in [4.69, 9.17) is 5.41 Å². The van der Waals surface area contributed by atoms with Gasteiger partial charge in [-0.2, -0.15) is 9.39 Å². The summed E-state index contributed by atoms with van der Waals surface area (Å²) < 4.78 is 43.8. The highest BCUT2D eigenvalue weighted by molar-refractivity contribution is 8.16. The number of aromatic nitrogens is 1. The minimum Gasteiger partial charge on any atom is -0.315 e. The maximum Gasteiger partial charge on any atom is 0.283 e. The molecular weight excluding hydrogens is 429 g/mol. The first-order valence-electron chi connectivity index (χ1n) is 8.72. The fourth-order valence-electron chi connectivity index (χ4n) is 3.33. The quantitative estimate of drug-likeness (QED) is 0.565. The van der Waals surface area contributed by atoms with Crippen molar-refractivity contribution in [3.63, 3.8) is 0 Å². The Labute approximate surface area is 176 Å². The van der Waals surface area contributed by atoms with Crippen LogP contribution in [0.1, 0.15) is 17.0 Å². The average molecular weight is 446 g/mol. The van der Waals surface area contributed by atoms with Crippen LogP contribution in [-0.4, -0.2) is 46.2 Å². The van der Waals surface area contributed by atoms with Gasteiger partial charge in [0.2, 0.25) is 20.2 Å². The van der Waals surface area contributed by atoms with Gasteiger partial charge in [0.15, 0.2) is 0 Å². The van der Waals surface area contributed by atoms with Crippen molar-refractivity contribution in [1.82, 2.24) is 9.47 Å². The van der Waals surface area contributed by atoms with Crippen LogP contribution in [0.25, 0.3) is 11.8 Å². The molecule has 1 aromatic carbocycles. The summed E-state index contributed by atoms with van der Waals surface area (Å²) in [4.78, 5) is 17.5. The monoisotopic (exact) mass is 445 g/mol. The predicted octanol–water partition coefficient (Wildman–Crippen LogP) is 2.85. The first-order chi connectivity index (χ1) is 14.1.